The van der Waals surface area contributed by atoms with Gasteiger partial charge in [0.15, 0.2) is 0 Å². The number of amides is 2. The lowest BCUT2D eigenvalue weighted by Crippen LogP contribution is -2.45. The van der Waals surface area contributed by atoms with Crippen LogP contribution in [0.4, 0.5) is 4.79 Å². The van der Waals surface area contributed by atoms with Crippen LogP contribution >= 0.6 is 0 Å². The Morgan fingerprint density at radius 1 is 1.42 bits per heavy atom. The second-order valence-corrected chi connectivity index (χ2v) is 3.42. The van der Waals surface area contributed by atoms with Crippen LogP contribution in [0.5, 0.6) is 0 Å². The zero-order valence-electron chi connectivity index (χ0n) is 6.95. The van der Waals surface area contributed by atoms with Crippen LogP contribution in [-0.2, 0) is 9.53 Å². The van der Waals surface area contributed by atoms with Crippen molar-refractivity contribution in [2.45, 2.75) is 25.8 Å². The molecule has 2 aliphatic rings. The fraction of sp³-hybridized carbons (Fsp3) is 0.750. The van der Waals surface area contributed by atoms with E-state index in [9.17, 15) is 9.59 Å². The highest BCUT2D eigenvalue weighted by Gasteiger charge is 2.42. The molecule has 1 unspecified atom stereocenters. The fourth-order valence-electron chi connectivity index (χ4n) is 1.75. The molecule has 0 saturated carbocycles. The van der Waals surface area contributed by atoms with Crippen molar-refractivity contribution in [3.63, 3.8) is 0 Å². The van der Waals surface area contributed by atoms with E-state index in [1.54, 1.807) is 0 Å². The van der Waals surface area contributed by atoms with Crippen LogP contribution in [0.25, 0.3) is 0 Å². The van der Waals surface area contributed by atoms with Crippen LogP contribution in [0.15, 0.2) is 0 Å². The third-order valence-electron chi connectivity index (χ3n) is 2.55. The molecule has 0 N–H and O–H groups in total. The summed E-state index contributed by atoms with van der Waals surface area (Å²) in [7, 11) is 0. The molecule has 4 heteroatoms. The van der Waals surface area contributed by atoms with Crippen LogP contribution in [0.2, 0.25) is 0 Å². The summed E-state index contributed by atoms with van der Waals surface area (Å²) in [5, 5.41) is 0. The Labute approximate surface area is 70.5 Å². The molecule has 4 nitrogen and oxygen atoms in total. The number of hydrogen-bond acceptors (Lipinski definition) is 3. The highest BCUT2D eigenvalue weighted by Crippen LogP contribution is 2.27. The van der Waals surface area contributed by atoms with Gasteiger partial charge in [-0.1, -0.05) is 6.92 Å². The minimum Gasteiger partial charge on any atom is -0.447 e. The summed E-state index contributed by atoms with van der Waals surface area (Å²) in [5.74, 6) is -0.0966. The minimum atomic E-state index is -0.462. The first-order valence-electron chi connectivity index (χ1n) is 4.20. The molecular weight excluding hydrogens is 158 g/mol. The van der Waals surface area contributed by atoms with Gasteiger partial charge in [0, 0.05) is 5.92 Å². The van der Waals surface area contributed by atoms with Crippen molar-refractivity contribution in [2.24, 2.45) is 5.92 Å². The Bertz CT molecular complexity index is 238. The molecule has 0 spiro atoms. The average Bonchev–Trinajstić information content (AvgIpc) is 2.41. The molecule has 66 valence electrons. The van der Waals surface area contributed by atoms with Crippen LogP contribution in [-0.4, -0.2) is 29.5 Å². The van der Waals surface area contributed by atoms with Gasteiger partial charge in [0.05, 0.1) is 6.04 Å². The lowest BCUT2D eigenvalue weighted by atomic mass is 9.95. The molecule has 2 heterocycles. The number of imide groups is 1. The summed E-state index contributed by atoms with van der Waals surface area (Å²) in [5.41, 5.74) is 0. The maximum Gasteiger partial charge on any atom is 0.416 e. The molecule has 0 aromatic heterocycles. The molecule has 0 radical (unpaired) electrons. The zero-order valence-corrected chi connectivity index (χ0v) is 6.95. The third-order valence-corrected chi connectivity index (χ3v) is 2.55. The van der Waals surface area contributed by atoms with Gasteiger partial charge in [-0.15, -0.1) is 0 Å². The van der Waals surface area contributed by atoms with Gasteiger partial charge < -0.3 is 4.74 Å². The van der Waals surface area contributed by atoms with Crippen molar-refractivity contribution in [2.75, 3.05) is 6.61 Å². The smallest absolute Gasteiger partial charge is 0.416 e. The summed E-state index contributed by atoms with van der Waals surface area (Å²) in [6.45, 7) is 2.24. The highest BCUT2D eigenvalue weighted by atomic mass is 16.6. The molecule has 0 aromatic carbocycles. The Balaban J connectivity index is 2.22. The summed E-state index contributed by atoms with van der Waals surface area (Å²) in [4.78, 5) is 23.8. The minimum absolute atomic E-state index is 0.0150. The number of carbonyl (C=O) groups is 2. The Kier molecular flexibility index (Phi) is 1.56. The van der Waals surface area contributed by atoms with Gasteiger partial charge >= 0.3 is 6.09 Å². The second kappa shape index (κ2) is 2.47. The lowest BCUT2D eigenvalue weighted by molar-refractivity contribution is -0.135. The number of ether oxygens (including phenoxy) is 1. The first kappa shape index (κ1) is 7.58. The van der Waals surface area contributed by atoms with Gasteiger partial charge in [-0.2, -0.15) is 0 Å². The molecular formula is C8H11NO3. The van der Waals surface area contributed by atoms with E-state index in [0.29, 0.717) is 6.61 Å². The Morgan fingerprint density at radius 2 is 2.17 bits per heavy atom. The lowest BCUT2D eigenvalue weighted by Gasteiger charge is -2.28. The van der Waals surface area contributed by atoms with Crippen molar-refractivity contribution < 1.29 is 14.3 Å². The van der Waals surface area contributed by atoms with Gasteiger partial charge in [0.1, 0.15) is 6.61 Å². The predicted molar refractivity (Wildman–Crippen MR) is 40.4 cm³/mol. The van der Waals surface area contributed by atoms with E-state index in [0.717, 1.165) is 12.8 Å². The molecule has 2 atom stereocenters. The summed E-state index contributed by atoms with van der Waals surface area (Å²) in [6, 6.07) is 0.0150. The molecule has 2 aliphatic heterocycles. The van der Waals surface area contributed by atoms with Crippen LogP contribution in [0, 0.1) is 5.92 Å². The van der Waals surface area contributed by atoms with E-state index >= 15 is 0 Å². The maximum absolute atomic E-state index is 11.4. The van der Waals surface area contributed by atoms with Gasteiger partial charge in [0.2, 0.25) is 5.91 Å². The maximum atomic E-state index is 11.4. The van der Waals surface area contributed by atoms with E-state index in [1.165, 1.54) is 4.90 Å². The SMILES string of the molecule is CC1CC[C@@H]2COC(=O)N2C1=O. The average molecular weight is 169 g/mol. The fourth-order valence-corrected chi connectivity index (χ4v) is 1.75. The normalized spacial score (nSPS) is 34.9. The van der Waals surface area contributed by atoms with Crippen molar-refractivity contribution in [3.8, 4) is 0 Å². The van der Waals surface area contributed by atoms with Crippen LogP contribution in [0.3, 0.4) is 0 Å². The topological polar surface area (TPSA) is 46.6 Å². The van der Waals surface area contributed by atoms with Gasteiger partial charge in [-0.3, -0.25) is 4.79 Å². The van der Waals surface area contributed by atoms with Crippen molar-refractivity contribution in [3.05, 3.63) is 0 Å². The van der Waals surface area contributed by atoms with E-state index in [2.05, 4.69) is 0 Å². The first-order valence-corrected chi connectivity index (χ1v) is 4.20. The van der Waals surface area contributed by atoms with Gasteiger partial charge in [-0.25, -0.2) is 9.69 Å². The number of rotatable bonds is 0. The van der Waals surface area contributed by atoms with Crippen LogP contribution in [0.1, 0.15) is 19.8 Å². The third kappa shape index (κ3) is 0.906. The molecule has 0 aromatic rings. The molecule has 2 rings (SSSR count). The molecule has 0 aliphatic carbocycles. The van der Waals surface area contributed by atoms with Crippen molar-refractivity contribution in [1.82, 2.24) is 4.90 Å². The number of cyclic esters (lactones) is 1. The quantitative estimate of drug-likeness (QED) is 0.538. The number of piperidine rings is 1. The van der Waals surface area contributed by atoms with Gasteiger partial charge in [0.25, 0.3) is 0 Å². The Hall–Kier alpha value is -1.06. The number of carbonyl (C=O) groups excluding carboxylic acids is 2. The molecule has 12 heavy (non-hydrogen) atoms. The van der Waals surface area contributed by atoms with E-state index < -0.39 is 6.09 Å². The van der Waals surface area contributed by atoms with E-state index in [4.69, 9.17) is 4.74 Å². The summed E-state index contributed by atoms with van der Waals surface area (Å²) in [6.07, 6.45) is 1.30. The second-order valence-electron chi connectivity index (χ2n) is 3.42. The largest absolute Gasteiger partial charge is 0.447 e. The Morgan fingerprint density at radius 3 is 2.92 bits per heavy atom. The van der Waals surface area contributed by atoms with Crippen molar-refractivity contribution in [1.29, 1.82) is 0 Å². The van der Waals surface area contributed by atoms with E-state index in [-0.39, 0.29) is 17.9 Å². The molecule has 2 saturated heterocycles. The standard InChI is InChI=1S/C8H11NO3/c1-5-2-3-6-4-12-8(11)9(6)7(5)10/h5-6H,2-4H2,1H3/t5?,6-/m1/s1. The molecule has 2 fully saturated rings. The predicted octanol–water partition coefficient (Wildman–Crippen LogP) is 0.764. The molecule has 2 amide bonds. The number of nitrogens with zero attached hydrogens (tertiary/aromatic N) is 1. The van der Waals surface area contributed by atoms with Gasteiger partial charge in [-0.05, 0) is 12.8 Å². The monoisotopic (exact) mass is 169 g/mol. The molecule has 0 bridgehead atoms. The number of fused-ring (bicyclic) bond motifs is 1. The summed E-state index contributed by atoms with van der Waals surface area (Å²) < 4.78 is 4.78. The van der Waals surface area contributed by atoms with E-state index in [1.807, 2.05) is 6.92 Å². The summed E-state index contributed by atoms with van der Waals surface area (Å²) >= 11 is 0. The van der Waals surface area contributed by atoms with Crippen LogP contribution < -0.4 is 0 Å². The number of hydrogen-bond donors (Lipinski definition) is 0. The van der Waals surface area contributed by atoms with Crippen molar-refractivity contribution >= 4 is 12.0 Å². The zero-order chi connectivity index (χ0) is 8.72. The highest BCUT2D eigenvalue weighted by molar-refractivity contribution is 5.95. The first-order chi connectivity index (χ1) is 5.70.